The van der Waals surface area contributed by atoms with E-state index in [1.54, 1.807) is 37.1 Å². The predicted molar refractivity (Wildman–Crippen MR) is 102 cm³/mol. The molecule has 142 valence electrons. The summed E-state index contributed by atoms with van der Waals surface area (Å²) in [5, 5.41) is 6.40. The van der Waals surface area contributed by atoms with E-state index < -0.39 is 5.97 Å². The lowest BCUT2D eigenvalue weighted by atomic mass is 10.1. The number of anilines is 1. The summed E-state index contributed by atoms with van der Waals surface area (Å²) in [6.07, 6.45) is 0.958. The van der Waals surface area contributed by atoms with Crippen molar-refractivity contribution < 1.29 is 18.7 Å². The molecule has 0 saturated heterocycles. The quantitative estimate of drug-likeness (QED) is 0.757. The van der Waals surface area contributed by atoms with Crippen molar-refractivity contribution in [3.63, 3.8) is 0 Å². The molecule has 1 amide bonds. The molecule has 0 aliphatic carbocycles. The second kappa shape index (κ2) is 7.65. The highest BCUT2D eigenvalue weighted by molar-refractivity contribution is 5.94. The number of nitrogens with zero attached hydrogens (tertiary/aromatic N) is 3. The van der Waals surface area contributed by atoms with Crippen LogP contribution in [0.1, 0.15) is 45.6 Å². The van der Waals surface area contributed by atoms with E-state index in [0.29, 0.717) is 22.6 Å². The third-order valence-electron chi connectivity index (χ3n) is 4.50. The van der Waals surface area contributed by atoms with Crippen molar-refractivity contribution >= 4 is 23.3 Å². The van der Waals surface area contributed by atoms with Crippen LogP contribution in [-0.4, -0.2) is 43.2 Å². The first kappa shape index (κ1) is 18.7. The molecule has 1 aromatic heterocycles. The minimum atomic E-state index is -0.452. The number of carbonyl (C=O) groups excluding carboxylic acids is 2. The van der Waals surface area contributed by atoms with Crippen LogP contribution in [0, 0.1) is 6.92 Å². The summed E-state index contributed by atoms with van der Waals surface area (Å²) in [7, 11) is 3.02. The van der Waals surface area contributed by atoms with E-state index in [2.05, 4.69) is 5.10 Å². The summed E-state index contributed by atoms with van der Waals surface area (Å²) in [5.41, 5.74) is 3.03. The molecule has 7 nitrogen and oxygen atoms in total. The van der Waals surface area contributed by atoms with Gasteiger partial charge in [-0.1, -0.05) is 0 Å². The maximum atomic E-state index is 12.7. The van der Waals surface area contributed by atoms with Crippen LogP contribution in [0.3, 0.4) is 0 Å². The van der Waals surface area contributed by atoms with Crippen LogP contribution in [0.2, 0.25) is 0 Å². The fourth-order valence-electron chi connectivity index (χ4n) is 3.00. The SMILES string of the molecule is COC(=O)c1cc(CN(C)C(=O)c2ccc(N3CCC(C)=N3)cc2)oc1C. The number of esters is 1. The van der Waals surface area contributed by atoms with E-state index in [1.807, 2.05) is 24.1 Å². The lowest BCUT2D eigenvalue weighted by molar-refractivity contribution is 0.0598. The molecule has 0 N–H and O–H groups in total. The number of benzene rings is 1. The molecule has 2 aromatic rings. The second-order valence-electron chi connectivity index (χ2n) is 6.59. The average molecular weight is 369 g/mol. The molecular weight excluding hydrogens is 346 g/mol. The fourth-order valence-corrected chi connectivity index (χ4v) is 3.00. The Labute approximate surface area is 158 Å². The topological polar surface area (TPSA) is 75.3 Å². The maximum absolute atomic E-state index is 12.7. The summed E-state index contributed by atoms with van der Waals surface area (Å²) in [5.74, 6) is 0.425. The van der Waals surface area contributed by atoms with Gasteiger partial charge in [0.1, 0.15) is 17.1 Å². The Morgan fingerprint density at radius 1 is 1.26 bits per heavy atom. The highest BCUT2D eigenvalue weighted by atomic mass is 16.5. The van der Waals surface area contributed by atoms with E-state index in [-0.39, 0.29) is 12.5 Å². The van der Waals surface area contributed by atoms with Gasteiger partial charge in [0.2, 0.25) is 0 Å². The van der Waals surface area contributed by atoms with Crippen LogP contribution >= 0.6 is 0 Å². The van der Waals surface area contributed by atoms with E-state index in [4.69, 9.17) is 9.15 Å². The molecule has 0 unspecified atom stereocenters. The van der Waals surface area contributed by atoms with Crippen LogP contribution in [0.5, 0.6) is 0 Å². The normalized spacial score (nSPS) is 13.5. The number of amides is 1. The van der Waals surface area contributed by atoms with Crippen molar-refractivity contribution in [3.05, 3.63) is 53.0 Å². The third-order valence-corrected chi connectivity index (χ3v) is 4.50. The molecule has 27 heavy (non-hydrogen) atoms. The first-order chi connectivity index (χ1) is 12.9. The lowest BCUT2D eigenvalue weighted by Crippen LogP contribution is -2.26. The lowest BCUT2D eigenvalue weighted by Gasteiger charge is -2.17. The highest BCUT2D eigenvalue weighted by Gasteiger charge is 2.19. The van der Waals surface area contributed by atoms with Gasteiger partial charge in [-0.3, -0.25) is 9.80 Å². The third kappa shape index (κ3) is 4.02. The molecule has 2 heterocycles. The van der Waals surface area contributed by atoms with Gasteiger partial charge >= 0.3 is 5.97 Å². The van der Waals surface area contributed by atoms with Gasteiger partial charge in [-0.25, -0.2) is 4.79 Å². The first-order valence-corrected chi connectivity index (χ1v) is 8.74. The number of methoxy groups -OCH3 is 1. The van der Waals surface area contributed by atoms with Crippen LogP contribution in [0.15, 0.2) is 39.9 Å². The summed E-state index contributed by atoms with van der Waals surface area (Å²) in [4.78, 5) is 25.9. The van der Waals surface area contributed by atoms with Crippen molar-refractivity contribution in [1.82, 2.24) is 4.90 Å². The van der Waals surface area contributed by atoms with Gasteiger partial charge in [-0.2, -0.15) is 5.10 Å². The van der Waals surface area contributed by atoms with Gasteiger partial charge < -0.3 is 14.1 Å². The minimum Gasteiger partial charge on any atom is -0.465 e. The molecule has 0 saturated carbocycles. The number of hydrogen-bond acceptors (Lipinski definition) is 6. The number of ether oxygens (including phenoxy) is 1. The zero-order chi connectivity index (χ0) is 19.6. The van der Waals surface area contributed by atoms with E-state index >= 15 is 0 Å². The van der Waals surface area contributed by atoms with Gasteiger partial charge in [0.15, 0.2) is 0 Å². The smallest absolute Gasteiger partial charge is 0.341 e. The zero-order valence-electron chi connectivity index (χ0n) is 16.0. The van der Waals surface area contributed by atoms with Crippen LogP contribution in [0.4, 0.5) is 5.69 Å². The second-order valence-corrected chi connectivity index (χ2v) is 6.59. The largest absolute Gasteiger partial charge is 0.465 e. The number of furan rings is 1. The molecular formula is C20H23N3O4. The van der Waals surface area contributed by atoms with Gasteiger partial charge in [-0.05, 0) is 44.2 Å². The van der Waals surface area contributed by atoms with Crippen molar-refractivity contribution in [2.45, 2.75) is 26.8 Å². The van der Waals surface area contributed by atoms with Gasteiger partial charge in [0.25, 0.3) is 5.91 Å². The average Bonchev–Trinajstić information content (AvgIpc) is 3.26. The van der Waals surface area contributed by atoms with E-state index in [0.717, 1.165) is 24.4 Å². The Kier molecular flexibility index (Phi) is 5.30. The standard InChI is InChI=1S/C20H23N3O4/c1-13-9-10-23(21-13)16-7-5-15(6-8-16)19(24)22(3)12-17-11-18(14(2)27-17)20(25)26-4/h5-8,11H,9-10,12H2,1-4H3. The monoisotopic (exact) mass is 369 g/mol. The van der Waals surface area contributed by atoms with Crippen molar-refractivity contribution in [2.75, 3.05) is 25.7 Å². The molecule has 0 atom stereocenters. The Morgan fingerprint density at radius 3 is 2.56 bits per heavy atom. The number of rotatable bonds is 5. The van der Waals surface area contributed by atoms with Crippen LogP contribution < -0.4 is 5.01 Å². The maximum Gasteiger partial charge on any atom is 0.341 e. The number of hydrazone groups is 1. The Bertz CT molecular complexity index is 883. The molecule has 0 spiro atoms. The molecule has 1 aliphatic rings. The summed E-state index contributed by atoms with van der Waals surface area (Å²) >= 11 is 0. The molecule has 0 radical (unpaired) electrons. The zero-order valence-corrected chi connectivity index (χ0v) is 16.0. The summed E-state index contributed by atoms with van der Waals surface area (Å²) < 4.78 is 10.3. The van der Waals surface area contributed by atoms with Gasteiger partial charge in [-0.15, -0.1) is 0 Å². The van der Waals surface area contributed by atoms with Crippen molar-refractivity contribution in [1.29, 1.82) is 0 Å². The van der Waals surface area contributed by atoms with Crippen molar-refractivity contribution in [3.8, 4) is 0 Å². The minimum absolute atomic E-state index is 0.128. The first-order valence-electron chi connectivity index (χ1n) is 8.74. The Morgan fingerprint density at radius 2 is 1.96 bits per heavy atom. The summed E-state index contributed by atoms with van der Waals surface area (Å²) in [6.45, 7) is 4.82. The molecule has 1 aromatic carbocycles. The van der Waals surface area contributed by atoms with Gasteiger partial charge in [0.05, 0.1) is 19.3 Å². The predicted octanol–water partition coefficient (Wildman–Crippen LogP) is 3.23. The Balaban J connectivity index is 1.67. The van der Waals surface area contributed by atoms with E-state index in [9.17, 15) is 9.59 Å². The van der Waals surface area contributed by atoms with Crippen LogP contribution in [-0.2, 0) is 11.3 Å². The fraction of sp³-hybridized carbons (Fsp3) is 0.350. The highest BCUT2D eigenvalue weighted by Crippen LogP contribution is 2.21. The molecule has 7 heteroatoms. The van der Waals surface area contributed by atoms with Crippen LogP contribution in [0.25, 0.3) is 0 Å². The van der Waals surface area contributed by atoms with Crippen molar-refractivity contribution in [2.24, 2.45) is 5.10 Å². The summed E-state index contributed by atoms with van der Waals surface area (Å²) in [6, 6.07) is 9.00. The number of carbonyl (C=O) groups is 2. The molecule has 1 aliphatic heterocycles. The van der Waals surface area contributed by atoms with Gasteiger partial charge in [0, 0.05) is 31.3 Å². The van der Waals surface area contributed by atoms with E-state index in [1.165, 1.54) is 7.11 Å². The molecule has 0 fully saturated rings. The molecule has 3 rings (SSSR count). The molecule has 0 bridgehead atoms. The number of hydrogen-bond donors (Lipinski definition) is 0. The number of aryl methyl sites for hydroxylation is 1. The Hall–Kier alpha value is -3.09.